The second kappa shape index (κ2) is 11.4. The number of furan rings is 1. The molecule has 0 radical (unpaired) electrons. The van der Waals surface area contributed by atoms with E-state index < -0.39 is 0 Å². The molecule has 50 heavy (non-hydrogen) atoms. The lowest BCUT2D eigenvalue weighted by atomic mass is 10.0. The van der Waals surface area contributed by atoms with E-state index in [2.05, 4.69) is 114 Å². The molecule has 0 spiro atoms. The average Bonchev–Trinajstić information content (AvgIpc) is 3.74. The van der Waals surface area contributed by atoms with Crippen molar-refractivity contribution in [2.45, 2.75) is 0 Å². The van der Waals surface area contributed by atoms with Crippen molar-refractivity contribution in [3.8, 4) is 51.0 Å². The minimum atomic E-state index is 0.637. The van der Waals surface area contributed by atoms with E-state index in [0.29, 0.717) is 17.5 Å². The summed E-state index contributed by atoms with van der Waals surface area (Å²) in [4.78, 5) is 14.6. The Morgan fingerprint density at radius 3 is 1.56 bits per heavy atom. The Morgan fingerprint density at radius 2 is 0.900 bits per heavy atom. The van der Waals surface area contributed by atoms with Gasteiger partial charge in [-0.2, -0.15) is 0 Å². The van der Waals surface area contributed by atoms with E-state index in [1.54, 1.807) is 0 Å². The summed E-state index contributed by atoms with van der Waals surface area (Å²) in [7, 11) is 0. The lowest BCUT2D eigenvalue weighted by Gasteiger charge is -2.09. The Kier molecular flexibility index (Phi) is 6.42. The monoisotopic (exact) mass is 640 g/mol. The van der Waals surface area contributed by atoms with Crippen LogP contribution < -0.4 is 0 Å². The number of hydrogen-bond donors (Lipinski definition) is 0. The van der Waals surface area contributed by atoms with E-state index in [4.69, 9.17) is 19.4 Å². The van der Waals surface area contributed by atoms with E-state index in [1.165, 1.54) is 10.8 Å². The van der Waals surface area contributed by atoms with Crippen LogP contribution in [0.25, 0.3) is 94.7 Å². The van der Waals surface area contributed by atoms with Gasteiger partial charge in [0.05, 0.1) is 11.0 Å². The highest BCUT2D eigenvalue weighted by molar-refractivity contribution is 6.21. The quantitative estimate of drug-likeness (QED) is 0.188. The first-order valence-corrected chi connectivity index (χ1v) is 16.7. The molecular weight excluding hydrogens is 613 g/mol. The molecule has 0 bridgehead atoms. The van der Waals surface area contributed by atoms with Crippen molar-refractivity contribution in [3.05, 3.63) is 170 Å². The van der Waals surface area contributed by atoms with Gasteiger partial charge in [0.1, 0.15) is 5.58 Å². The standard InChI is InChI=1S/C45H28N4O/c1-4-12-30(13-5-1)43-46-44(31-14-6-2-7-15-31)48-45(47-43)32-22-20-29(21-23-32)33-24-27-40-38(28-33)37-26-25-36-35-18-10-11-19-39(35)49(41(36)42(37)50-40)34-16-8-3-9-17-34/h1-28H. The Morgan fingerprint density at radius 1 is 0.380 bits per heavy atom. The molecule has 0 atom stereocenters. The minimum absolute atomic E-state index is 0.637. The van der Waals surface area contributed by atoms with Gasteiger partial charge in [-0.15, -0.1) is 0 Å². The number of aromatic nitrogens is 4. The average molecular weight is 641 g/mol. The van der Waals surface area contributed by atoms with Crippen LogP contribution in [0.5, 0.6) is 0 Å². The van der Waals surface area contributed by atoms with Crippen molar-refractivity contribution in [3.63, 3.8) is 0 Å². The molecule has 0 saturated heterocycles. The van der Waals surface area contributed by atoms with Crippen molar-refractivity contribution in [1.29, 1.82) is 0 Å². The van der Waals surface area contributed by atoms with Crippen molar-refractivity contribution < 1.29 is 4.42 Å². The Labute approximate surface area is 287 Å². The van der Waals surface area contributed by atoms with Crippen LogP contribution in [0.4, 0.5) is 0 Å². The molecule has 0 aliphatic rings. The summed E-state index contributed by atoms with van der Waals surface area (Å²) in [6.07, 6.45) is 0. The molecule has 10 aromatic rings. The van der Waals surface area contributed by atoms with Gasteiger partial charge in [0.2, 0.25) is 0 Å². The van der Waals surface area contributed by atoms with Crippen LogP contribution in [0.3, 0.4) is 0 Å². The highest BCUT2D eigenvalue weighted by atomic mass is 16.3. The van der Waals surface area contributed by atoms with Gasteiger partial charge in [-0.05, 0) is 47.5 Å². The van der Waals surface area contributed by atoms with Gasteiger partial charge in [0, 0.05) is 43.9 Å². The number of hydrogen-bond acceptors (Lipinski definition) is 4. The highest BCUT2D eigenvalue weighted by Gasteiger charge is 2.19. The molecule has 0 N–H and O–H groups in total. The molecule has 0 fully saturated rings. The predicted octanol–water partition coefficient (Wildman–Crippen LogP) is 11.5. The van der Waals surface area contributed by atoms with Crippen LogP contribution in [-0.4, -0.2) is 19.5 Å². The maximum atomic E-state index is 6.68. The molecule has 3 aromatic heterocycles. The second-order valence-electron chi connectivity index (χ2n) is 12.5. The fraction of sp³-hybridized carbons (Fsp3) is 0. The van der Waals surface area contributed by atoms with Gasteiger partial charge in [-0.3, -0.25) is 0 Å². The molecule has 7 aromatic carbocycles. The zero-order chi connectivity index (χ0) is 33.0. The smallest absolute Gasteiger partial charge is 0.164 e. The van der Waals surface area contributed by atoms with Crippen LogP contribution in [0.1, 0.15) is 0 Å². The third-order valence-corrected chi connectivity index (χ3v) is 9.46. The highest BCUT2D eigenvalue weighted by Crippen LogP contribution is 2.41. The summed E-state index contributed by atoms with van der Waals surface area (Å²) in [6.45, 7) is 0. The van der Waals surface area contributed by atoms with Crippen LogP contribution in [0.2, 0.25) is 0 Å². The van der Waals surface area contributed by atoms with Gasteiger partial charge in [0.15, 0.2) is 23.1 Å². The maximum absolute atomic E-state index is 6.68. The Bertz CT molecular complexity index is 2780. The zero-order valence-corrected chi connectivity index (χ0v) is 26.9. The third-order valence-electron chi connectivity index (χ3n) is 9.46. The predicted molar refractivity (Wildman–Crippen MR) is 203 cm³/mol. The van der Waals surface area contributed by atoms with Crippen molar-refractivity contribution in [2.75, 3.05) is 0 Å². The number of fused-ring (bicyclic) bond motifs is 7. The lowest BCUT2D eigenvalue weighted by Crippen LogP contribution is -2.00. The normalized spacial score (nSPS) is 11.6. The van der Waals surface area contributed by atoms with Gasteiger partial charge in [-0.25, -0.2) is 15.0 Å². The van der Waals surface area contributed by atoms with Crippen LogP contribution >= 0.6 is 0 Å². The van der Waals surface area contributed by atoms with Crippen LogP contribution in [0, 0.1) is 0 Å². The zero-order valence-electron chi connectivity index (χ0n) is 26.9. The molecule has 3 heterocycles. The van der Waals surface area contributed by atoms with Crippen molar-refractivity contribution in [2.24, 2.45) is 0 Å². The fourth-order valence-electron chi connectivity index (χ4n) is 7.06. The fourth-order valence-corrected chi connectivity index (χ4v) is 7.06. The van der Waals surface area contributed by atoms with Crippen LogP contribution in [0.15, 0.2) is 174 Å². The summed E-state index contributed by atoms with van der Waals surface area (Å²) in [5.74, 6) is 1.94. The largest absolute Gasteiger partial charge is 0.454 e. The summed E-state index contributed by atoms with van der Waals surface area (Å²) in [5, 5.41) is 4.57. The second-order valence-corrected chi connectivity index (χ2v) is 12.5. The molecule has 0 aliphatic carbocycles. The molecule has 5 nitrogen and oxygen atoms in total. The van der Waals surface area contributed by atoms with Crippen molar-refractivity contribution in [1.82, 2.24) is 19.5 Å². The minimum Gasteiger partial charge on any atom is -0.454 e. The van der Waals surface area contributed by atoms with E-state index in [1.807, 2.05) is 60.7 Å². The van der Waals surface area contributed by atoms with E-state index >= 15 is 0 Å². The molecule has 0 unspecified atom stereocenters. The lowest BCUT2D eigenvalue weighted by molar-refractivity contribution is 0.671. The molecule has 0 amide bonds. The first-order chi connectivity index (χ1) is 24.8. The van der Waals surface area contributed by atoms with Gasteiger partial charge in [0.25, 0.3) is 0 Å². The number of rotatable bonds is 5. The van der Waals surface area contributed by atoms with E-state index in [-0.39, 0.29) is 0 Å². The molecule has 5 heteroatoms. The summed E-state index contributed by atoms with van der Waals surface area (Å²) in [6, 6.07) is 58.5. The molecule has 0 aliphatic heterocycles. The Hall–Kier alpha value is -6.85. The van der Waals surface area contributed by atoms with E-state index in [9.17, 15) is 0 Å². The van der Waals surface area contributed by atoms with Crippen LogP contribution in [-0.2, 0) is 0 Å². The maximum Gasteiger partial charge on any atom is 0.164 e. The summed E-state index contributed by atoms with van der Waals surface area (Å²) < 4.78 is 9.00. The molecule has 10 rings (SSSR count). The first-order valence-electron chi connectivity index (χ1n) is 16.7. The van der Waals surface area contributed by atoms with Gasteiger partial charge >= 0.3 is 0 Å². The first kappa shape index (κ1) is 28.2. The number of para-hydroxylation sites is 2. The molecule has 234 valence electrons. The van der Waals surface area contributed by atoms with Crippen molar-refractivity contribution >= 4 is 43.7 Å². The SMILES string of the molecule is c1ccc(-c2nc(-c3ccccc3)nc(-c3ccc(-c4ccc5oc6c(ccc7c8ccccc8n(-c8ccccc8)c76)c5c4)cc3)n2)cc1. The summed E-state index contributed by atoms with van der Waals surface area (Å²) in [5.41, 5.74) is 10.2. The Balaban J connectivity index is 1.08. The number of benzene rings is 7. The summed E-state index contributed by atoms with van der Waals surface area (Å²) >= 11 is 0. The number of nitrogens with zero attached hydrogens (tertiary/aromatic N) is 4. The van der Waals surface area contributed by atoms with Gasteiger partial charge < -0.3 is 8.98 Å². The van der Waals surface area contributed by atoms with E-state index in [0.717, 1.165) is 66.5 Å². The third kappa shape index (κ3) is 4.60. The van der Waals surface area contributed by atoms with Gasteiger partial charge in [-0.1, -0.05) is 133 Å². The molecular formula is C45H28N4O. The molecule has 0 saturated carbocycles. The topological polar surface area (TPSA) is 56.7 Å².